The van der Waals surface area contributed by atoms with Gasteiger partial charge in [0, 0.05) is 30.3 Å². The van der Waals surface area contributed by atoms with Crippen LogP contribution in [-0.4, -0.2) is 29.0 Å². The number of anilines is 2. The lowest BCUT2D eigenvalue weighted by atomic mass is 9.95. The van der Waals surface area contributed by atoms with Crippen LogP contribution in [0.25, 0.3) is 11.1 Å². The summed E-state index contributed by atoms with van der Waals surface area (Å²) in [6.07, 6.45) is 1.42. The summed E-state index contributed by atoms with van der Waals surface area (Å²) < 4.78 is 19.1. The van der Waals surface area contributed by atoms with Crippen molar-refractivity contribution in [3.63, 3.8) is 0 Å². The third-order valence-electron chi connectivity index (χ3n) is 5.38. The lowest BCUT2D eigenvalue weighted by Gasteiger charge is -2.32. The predicted molar refractivity (Wildman–Crippen MR) is 106 cm³/mol. The van der Waals surface area contributed by atoms with Gasteiger partial charge in [0.2, 0.25) is 11.6 Å². The molecule has 0 radical (unpaired) electrons. The van der Waals surface area contributed by atoms with Gasteiger partial charge in [-0.1, -0.05) is 6.07 Å². The predicted octanol–water partition coefficient (Wildman–Crippen LogP) is 4.14. The van der Waals surface area contributed by atoms with Crippen molar-refractivity contribution in [1.82, 2.24) is 9.97 Å². The number of aromatic nitrogens is 2. The maximum Gasteiger partial charge on any atom is 0.231 e. The summed E-state index contributed by atoms with van der Waals surface area (Å²) in [6, 6.07) is 5.97. The van der Waals surface area contributed by atoms with E-state index in [4.69, 9.17) is 4.42 Å². The summed E-state index contributed by atoms with van der Waals surface area (Å²) >= 11 is 0. The molecule has 1 fully saturated rings. The second-order valence-electron chi connectivity index (χ2n) is 7.32. The molecule has 1 saturated heterocycles. The van der Waals surface area contributed by atoms with E-state index in [1.807, 2.05) is 20.8 Å². The third-order valence-corrected chi connectivity index (χ3v) is 5.38. The number of carbonyl (C=O) groups is 1. The van der Waals surface area contributed by atoms with Gasteiger partial charge in [-0.25, -0.2) is 9.37 Å². The maximum absolute atomic E-state index is 13.3. The number of aryl methyl sites for hydroxylation is 3. The highest BCUT2D eigenvalue weighted by Gasteiger charge is 2.28. The van der Waals surface area contributed by atoms with Crippen LogP contribution in [0.1, 0.15) is 30.0 Å². The molecule has 1 amide bonds. The van der Waals surface area contributed by atoms with Crippen molar-refractivity contribution >= 4 is 28.5 Å². The van der Waals surface area contributed by atoms with Crippen LogP contribution in [0.4, 0.5) is 15.9 Å². The Bertz CT molecular complexity index is 1040. The Morgan fingerprint density at radius 1 is 1.21 bits per heavy atom. The Balaban J connectivity index is 1.49. The summed E-state index contributed by atoms with van der Waals surface area (Å²) in [5.41, 5.74) is 2.16. The molecule has 0 aliphatic carbocycles. The fourth-order valence-corrected chi connectivity index (χ4v) is 3.73. The maximum atomic E-state index is 13.3. The Kier molecular flexibility index (Phi) is 4.75. The normalized spacial score (nSPS) is 15.2. The van der Waals surface area contributed by atoms with E-state index in [0.717, 1.165) is 35.6 Å². The standard InChI is InChI=1S/C21H23FN4O2/c1-12-13(2)28-21-18(12)19(23-14(3)24-21)26-9-7-15(8-10-26)20(27)25-17-6-4-5-16(22)11-17/h4-6,11,15H,7-10H2,1-3H3,(H,25,27). The average molecular weight is 382 g/mol. The summed E-state index contributed by atoms with van der Waals surface area (Å²) in [5.74, 6) is 1.86. The molecular weight excluding hydrogens is 359 g/mol. The molecule has 2 aromatic heterocycles. The van der Waals surface area contributed by atoms with Crippen molar-refractivity contribution < 1.29 is 13.6 Å². The van der Waals surface area contributed by atoms with Gasteiger partial charge in [-0.3, -0.25) is 4.79 Å². The minimum absolute atomic E-state index is 0.0652. The number of nitrogens with one attached hydrogen (secondary N) is 1. The smallest absolute Gasteiger partial charge is 0.231 e. The van der Waals surface area contributed by atoms with Gasteiger partial charge in [0.1, 0.15) is 23.2 Å². The molecule has 1 aliphatic heterocycles. The molecule has 0 atom stereocenters. The number of nitrogens with zero attached hydrogens (tertiary/aromatic N) is 3. The zero-order valence-corrected chi connectivity index (χ0v) is 16.3. The van der Waals surface area contributed by atoms with Crippen molar-refractivity contribution in [3.05, 3.63) is 47.2 Å². The molecule has 6 nitrogen and oxygen atoms in total. The monoisotopic (exact) mass is 382 g/mol. The van der Waals surface area contributed by atoms with E-state index in [0.29, 0.717) is 30.1 Å². The Labute approximate surface area is 162 Å². The first kappa shape index (κ1) is 18.4. The highest BCUT2D eigenvalue weighted by atomic mass is 19.1. The zero-order chi connectivity index (χ0) is 19.8. The van der Waals surface area contributed by atoms with Crippen molar-refractivity contribution in [3.8, 4) is 0 Å². The molecule has 0 saturated carbocycles. The molecule has 0 spiro atoms. The Morgan fingerprint density at radius 2 is 1.96 bits per heavy atom. The second kappa shape index (κ2) is 7.22. The molecule has 4 rings (SSSR count). The number of furan rings is 1. The number of hydrogen-bond donors (Lipinski definition) is 1. The van der Waals surface area contributed by atoms with E-state index in [9.17, 15) is 9.18 Å². The fraction of sp³-hybridized carbons (Fsp3) is 0.381. The number of piperidine rings is 1. The quantitative estimate of drug-likeness (QED) is 0.737. The van der Waals surface area contributed by atoms with Crippen LogP contribution in [0.5, 0.6) is 0 Å². The minimum atomic E-state index is -0.360. The summed E-state index contributed by atoms with van der Waals surface area (Å²) in [6.45, 7) is 7.24. The first-order valence-corrected chi connectivity index (χ1v) is 9.48. The van der Waals surface area contributed by atoms with Crippen LogP contribution in [0.3, 0.4) is 0 Å². The molecular formula is C21H23FN4O2. The van der Waals surface area contributed by atoms with Crippen LogP contribution < -0.4 is 10.2 Å². The highest BCUT2D eigenvalue weighted by molar-refractivity contribution is 5.93. The van der Waals surface area contributed by atoms with Gasteiger partial charge < -0.3 is 14.6 Å². The largest absolute Gasteiger partial charge is 0.443 e. The lowest BCUT2D eigenvalue weighted by molar-refractivity contribution is -0.120. The van der Waals surface area contributed by atoms with Gasteiger partial charge in [-0.15, -0.1) is 0 Å². The number of hydrogen-bond acceptors (Lipinski definition) is 5. The number of amides is 1. The van der Waals surface area contributed by atoms with Crippen molar-refractivity contribution in [2.45, 2.75) is 33.6 Å². The van der Waals surface area contributed by atoms with Crippen LogP contribution in [-0.2, 0) is 4.79 Å². The van der Waals surface area contributed by atoms with E-state index in [1.165, 1.54) is 12.1 Å². The van der Waals surface area contributed by atoms with Crippen LogP contribution >= 0.6 is 0 Å². The van der Waals surface area contributed by atoms with Gasteiger partial charge in [-0.2, -0.15) is 4.98 Å². The number of rotatable bonds is 3. The Hall–Kier alpha value is -2.96. The van der Waals surface area contributed by atoms with Gasteiger partial charge in [0.25, 0.3) is 0 Å². The second-order valence-corrected chi connectivity index (χ2v) is 7.32. The molecule has 28 heavy (non-hydrogen) atoms. The molecule has 3 aromatic rings. The minimum Gasteiger partial charge on any atom is -0.443 e. The van der Waals surface area contributed by atoms with Crippen LogP contribution in [0.2, 0.25) is 0 Å². The summed E-state index contributed by atoms with van der Waals surface area (Å²) in [7, 11) is 0. The SMILES string of the molecule is Cc1nc(N2CCC(C(=O)Nc3cccc(F)c3)CC2)c2c(C)c(C)oc2n1. The Morgan fingerprint density at radius 3 is 2.68 bits per heavy atom. The average Bonchev–Trinajstić information content (AvgIpc) is 2.95. The van der Waals surface area contributed by atoms with E-state index in [2.05, 4.69) is 20.2 Å². The molecule has 3 heterocycles. The molecule has 1 aliphatic rings. The number of fused-ring (bicyclic) bond motifs is 1. The van der Waals surface area contributed by atoms with Gasteiger partial charge in [0.15, 0.2) is 0 Å². The number of carbonyl (C=O) groups excluding carboxylic acids is 1. The lowest BCUT2D eigenvalue weighted by Crippen LogP contribution is -2.38. The van der Waals surface area contributed by atoms with Crippen molar-refractivity contribution in [2.75, 3.05) is 23.3 Å². The fourth-order valence-electron chi connectivity index (χ4n) is 3.73. The zero-order valence-electron chi connectivity index (χ0n) is 16.3. The van der Waals surface area contributed by atoms with Gasteiger partial charge in [0.05, 0.1) is 5.39 Å². The van der Waals surface area contributed by atoms with Crippen LogP contribution in [0, 0.1) is 32.5 Å². The van der Waals surface area contributed by atoms with Gasteiger partial charge >= 0.3 is 0 Å². The van der Waals surface area contributed by atoms with E-state index in [1.54, 1.807) is 12.1 Å². The third kappa shape index (κ3) is 3.44. The first-order chi connectivity index (χ1) is 13.4. The molecule has 146 valence electrons. The number of halogens is 1. The van der Waals surface area contributed by atoms with Crippen LogP contribution in [0.15, 0.2) is 28.7 Å². The molecule has 0 unspecified atom stereocenters. The molecule has 1 aromatic carbocycles. The topological polar surface area (TPSA) is 71.3 Å². The number of benzene rings is 1. The summed E-state index contributed by atoms with van der Waals surface area (Å²) in [4.78, 5) is 23.8. The van der Waals surface area contributed by atoms with Crippen molar-refractivity contribution in [2.24, 2.45) is 5.92 Å². The van der Waals surface area contributed by atoms with Gasteiger partial charge in [-0.05, 0) is 51.8 Å². The van der Waals surface area contributed by atoms with E-state index in [-0.39, 0.29) is 17.6 Å². The highest BCUT2D eigenvalue weighted by Crippen LogP contribution is 2.33. The van der Waals surface area contributed by atoms with E-state index >= 15 is 0 Å². The first-order valence-electron chi connectivity index (χ1n) is 9.48. The van der Waals surface area contributed by atoms with Crippen molar-refractivity contribution in [1.29, 1.82) is 0 Å². The van der Waals surface area contributed by atoms with E-state index < -0.39 is 0 Å². The summed E-state index contributed by atoms with van der Waals surface area (Å²) in [5, 5.41) is 3.77. The molecule has 1 N–H and O–H groups in total. The molecule has 7 heteroatoms. The molecule has 0 bridgehead atoms.